The molecule has 1 aliphatic rings. The van der Waals surface area contributed by atoms with Gasteiger partial charge in [0.2, 0.25) is 11.8 Å². The van der Waals surface area contributed by atoms with E-state index in [1.54, 1.807) is 37.3 Å². The molecule has 5 rings (SSSR count). The van der Waals surface area contributed by atoms with Crippen LogP contribution < -0.4 is 14.8 Å². The molecule has 2 atom stereocenters. The zero-order chi connectivity index (χ0) is 20.8. The Balaban J connectivity index is 1.61. The molecule has 0 bridgehead atoms. The summed E-state index contributed by atoms with van der Waals surface area (Å²) in [5.74, 6) is 2.58. The van der Waals surface area contributed by atoms with Crippen LogP contribution in [0, 0.1) is 11.8 Å². The van der Waals surface area contributed by atoms with Gasteiger partial charge >= 0.3 is 0 Å². The van der Waals surface area contributed by atoms with E-state index in [4.69, 9.17) is 9.47 Å². The molecule has 9 heteroatoms. The topological polar surface area (TPSA) is 104 Å². The summed E-state index contributed by atoms with van der Waals surface area (Å²) < 4.78 is 12.3. The number of aromatic nitrogens is 5. The molecule has 0 aromatic carbocycles. The predicted octanol–water partition coefficient (Wildman–Crippen LogP) is 2.95. The maximum absolute atomic E-state index is 12.3. The molecule has 0 unspecified atom stereocenters. The average Bonchev–Trinajstić information content (AvgIpc) is 3.35. The molecule has 1 N–H and O–H groups in total. The first-order valence-corrected chi connectivity index (χ1v) is 9.62. The summed E-state index contributed by atoms with van der Waals surface area (Å²) in [5, 5.41) is 8.99. The van der Waals surface area contributed by atoms with Crippen molar-refractivity contribution in [3.8, 4) is 23.0 Å². The summed E-state index contributed by atoms with van der Waals surface area (Å²) in [4.78, 5) is 25.7. The van der Waals surface area contributed by atoms with Gasteiger partial charge < -0.3 is 14.8 Å². The van der Waals surface area contributed by atoms with Crippen molar-refractivity contribution in [2.24, 2.45) is 11.8 Å². The van der Waals surface area contributed by atoms with Crippen molar-refractivity contribution in [2.75, 3.05) is 19.5 Å². The second-order valence-electron chi connectivity index (χ2n) is 7.41. The van der Waals surface area contributed by atoms with E-state index in [2.05, 4.69) is 32.3 Å². The van der Waals surface area contributed by atoms with Crippen LogP contribution in [0.15, 0.2) is 36.8 Å². The van der Waals surface area contributed by atoms with Crippen LogP contribution in [0.2, 0.25) is 0 Å². The average molecular weight is 404 g/mol. The summed E-state index contributed by atoms with van der Waals surface area (Å²) >= 11 is 0. The van der Waals surface area contributed by atoms with E-state index in [9.17, 15) is 4.79 Å². The van der Waals surface area contributed by atoms with Crippen LogP contribution in [0.4, 0.5) is 5.82 Å². The van der Waals surface area contributed by atoms with Gasteiger partial charge in [-0.3, -0.25) is 4.79 Å². The minimum Gasteiger partial charge on any atom is -0.495 e. The van der Waals surface area contributed by atoms with Gasteiger partial charge in [-0.05, 0) is 30.5 Å². The van der Waals surface area contributed by atoms with Crippen molar-refractivity contribution in [3.05, 3.63) is 36.8 Å². The lowest BCUT2D eigenvalue weighted by Crippen LogP contribution is -2.15. The third kappa shape index (κ3) is 3.08. The number of anilines is 1. The Bertz CT molecular complexity index is 1280. The molecule has 4 aromatic rings. The molecule has 0 aliphatic heterocycles. The third-order valence-electron chi connectivity index (χ3n) is 5.41. The fraction of sp³-hybridized carbons (Fsp3) is 0.286. The molecule has 1 saturated carbocycles. The second kappa shape index (κ2) is 6.94. The predicted molar refractivity (Wildman–Crippen MR) is 111 cm³/mol. The number of amides is 1. The summed E-state index contributed by atoms with van der Waals surface area (Å²) in [6.45, 7) is 2.07. The smallest absolute Gasteiger partial charge is 0.228 e. The molecule has 9 nitrogen and oxygen atoms in total. The van der Waals surface area contributed by atoms with Crippen molar-refractivity contribution in [3.63, 3.8) is 0 Å². The number of nitrogens with one attached hydrogen (secondary N) is 1. The first-order chi connectivity index (χ1) is 14.6. The Morgan fingerprint density at radius 3 is 2.73 bits per heavy atom. The molecule has 4 aromatic heterocycles. The van der Waals surface area contributed by atoms with Crippen molar-refractivity contribution in [1.29, 1.82) is 0 Å². The highest BCUT2D eigenvalue weighted by Crippen LogP contribution is 2.39. The van der Waals surface area contributed by atoms with Gasteiger partial charge in [-0.1, -0.05) is 6.92 Å². The molecule has 0 spiro atoms. The Hall–Kier alpha value is -3.75. The molecular formula is C21H20N6O3. The monoisotopic (exact) mass is 404 g/mol. The second-order valence-corrected chi connectivity index (χ2v) is 7.41. The minimum absolute atomic E-state index is 0.00475. The van der Waals surface area contributed by atoms with Crippen LogP contribution in [0.5, 0.6) is 11.6 Å². The largest absolute Gasteiger partial charge is 0.495 e. The van der Waals surface area contributed by atoms with Crippen LogP contribution in [-0.2, 0) is 4.79 Å². The van der Waals surface area contributed by atoms with E-state index < -0.39 is 0 Å². The molecule has 1 fully saturated rings. The molecule has 4 heterocycles. The lowest BCUT2D eigenvalue weighted by Gasteiger charge is -2.10. The molecule has 0 radical (unpaired) electrons. The van der Waals surface area contributed by atoms with Crippen molar-refractivity contribution < 1.29 is 14.3 Å². The fourth-order valence-corrected chi connectivity index (χ4v) is 3.53. The Labute approximate surface area is 172 Å². The highest BCUT2D eigenvalue weighted by molar-refractivity contribution is 6.01. The number of fused-ring (bicyclic) bond motifs is 2. The first-order valence-electron chi connectivity index (χ1n) is 9.62. The molecular weight excluding hydrogens is 384 g/mol. The van der Waals surface area contributed by atoms with Gasteiger partial charge in [0, 0.05) is 29.3 Å². The van der Waals surface area contributed by atoms with Gasteiger partial charge in [-0.15, -0.1) is 5.10 Å². The molecule has 1 amide bonds. The number of methoxy groups -OCH3 is 2. The number of carbonyl (C=O) groups excluding carboxylic acids is 1. The quantitative estimate of drug-likeness (QED) is 0.545. The van der Waals surface area contributed by atoms with Gasteiger partial charge in [-0.2, -0.15) is 0 Å². The molecule has 0 saturated heterocycles. The van der Waals surface area contributed by atoms with Gasteiger partial charge in [-0.25, -0.2) is 19.5 Å². The molecule has 1 aliphatic carbocycles. The molecule has 30 heavy (non-hydrogen) atoms. The van der Waals surface area contributed by atoms with E-state index in [0.29, 0.717) is 45.8 Å². The van der Waals surface area contributed by atoms with E-state index in [-0.39, 0.29) is 11.8 Å². The number of ether oxygens (including phenoxy) is 2. The number of hydrogen-bond donors (Lipinski definition) is 1. The maximum atomic E-state index is 12.3. The minimum atomic E-state index is -0.00475. The number of hydrogen-bond acceptors (Lipinski definition) is 7. The standard InChI is InChI=1S/C21H20N6O3/c1-11-6-13(11)20(28)24-17-7-14-15(8-23-21(30-3)16(14)9-22-17)19-25-18-5-4-12(29-2)10-27(18)26-19/h4-5,7-11,13H,6H2,1-3H3,(H,22,24,28)/t11-,13+/m1/s1. The summed E-state index contributed by atoms with van der Waals surface area (Å²) in [7, 11) is 3.16. The van der Waals surface area contributed by atoms with Crippen LogP contribution in [0.3, 0.4) is 0 Å². The van der Waals surface area contributed by atoms with E-state index in [0.717, 1.165) is 11.8 Å². The third-order valence-corrected chi connectivity index (χ3v) is 5.41. The maximum Gasteiger partial charge on any atom is 0.228 e. The highest BCUT2D eigenvalue weighted by atomic mass is 16.5. The van der Waals surface area contributed by atoms with Crippen LogP contribution in [0.25, 0.3) is 27.8 Å². The van der Waals surface area contributed by atoms with Gasteiger partial charge in [0.25, 0.3) is 0 Å². The summed E-state index contributed by atoms with van der Waals surface area (Å²) in [6, 6.07) is 5.47. The summed E-state index contributed by atoms with van der Waals surface area (Å²) in [6.07, 6.45) is 5.99. The SMILES string of the molecule is COc1ccc2nc(-c3cnc(OC)c4cnc(NC(=O)[C@H]5C[C@H]5C)cc34)nn2c1. The number of pyridine rings is 3. The van der Waals surface area contributed by atoms with Gasteiger partial charge in [0.15, 0.2) is 11.5 Å². The first kappa shape index (κ1) is 18.3. The Kier molecular flexibility index (Phi) is 4.23. The van der Waals surface area contributed by atoms with Crippen molar-refractivity contribution >= 4 is 28.1 Å². The number of rotatable bonds is 5. The highest BCUT2D eigenvalue weighted by Gasteiger charge is 2.39. The normalized spacial score (nSPS) is 17.8. The fourth-order valence-electron chi connectivity index (χ4n) is 3.53. The zero-order valence-electron chi connectivity index (χ0n) is 16.8. The Morgan fingerprint density at radius 1 is 1.17 bits per heavy atom. The summed E-state index contributed by atoms with van der Waals surface area (Å²) in [5.41, 5.74) is 1.39. The van der Waals surface area contributed by atoms with Crippen LogP contribution in [-0.4, -0.2) is 44.7 Å². The van der Waals surface area contributed by atoms with Crippen molar-refractivity contribution in [1.82, 2.24) is 24.6 Å². The number of carbonyl (C=O) groups is 1. The Morgan fingerprint density at radius 2 is 2.00 bits per heavy atom. The molecule has 152 valence electrons. The lowest BCUT2D eigenvalue weighted by atomic mass is 10.1. The van der Waals surface area contributed by atoms with E-state index >= 15 is 0 Å². The van der Waals surface area contributed by atoms with Gasteiger partial charge in [0.05, 0.1) is 25.8 Å². The van der Waals surface area contributed by atoms with Crippen LogP contribution in [0.1, 0.15) is 13.3 Å². The number of nitrogens with zero attached hydrogens (tertiary/aromatic N) is 5. The van der Waals surface area contributed by atoms with E-state index in [1.165, 1.54) is 0 Å². The van der Waals surface area contributed by atoms with Crippen LogP contribution >= 0.6 is 0 Å². The lowest BCUT2D eigenvalue weighted by molar-refractivity contribution is -0.117. The zero-order valence-corrected chi connectivity index (χ0v) is 16.8. The van der Waals surface area contributed by atoms with E-state index in [1.807, 2.05) is 18.2 Å². The van der Waals surface area contributed by atoms with Crippen molar-refractivity contribution in [2.45, 2.75) is 13.3 Å². The van der Waals surface area contributed by atoms with Gasteiger partial charge in [0.1, 0.15) is 11.6 Å².